The van der Waals surface area contributed by atoms with Gasteiger partial charge in [-0.05, 0) is 11.6 Å². The molecule has 0 spiro atoms. The third-order valence-corrected chi connectivity index (χ3v) is 4.40. The van der Waals surface area contributed by atoms with Crippen molar-refractivity contribution in [3.8, 4) is 17.1 Å². The number of nitrogens with zero attached hydrogens (tertiary/aromatic N) is 2. The van der Waals surface area contributed by atoms with Crippen molar-refractivity contribution in [2.45, 2.75) is 13.0 Å². The molecule has 0 radical (unpaired) electrons. The van der Waals surface area contributed by atoms with Gasteiger partial charge in [-0.15, -0.1) is 11.3 Å². The number of hydrogen-bond donors (Lipinski definition) is 1. The molecule has 2 heterocycles. The summed E-state index contributed by atoms with van der Waals surface area (Å²) in [5.41, 5.74) is 2.74. The Hall–Kier alpha value is -2.73. The molecule has 1 amide bonds. The average molecular weight is 339 g/mol. The Labute approximate surface area is 144 Å². The van der Waals surface area contributed by atoms with Gasteiger partial charge in [0.15, 0.2) is 0 Å². The predicted molar refractivity (Wildman–Crippen MR) is 94.0 cm³/mol. The van der Waals surface area contributed by atoms with Gasteiger partial charge < -0.3 is 10.1 Å². The fourth-order valence-electron chi connectivity index (χ4n) is 2.34. The van der Waals surface area contributed by atoms with E-state index < -0.39 is 0 Å². The molecule has 3 aromatic rings. The van der Waals surface area contributed by atoms with Crippen molar-refractivity contribution in [1.82, 2.24) is 15.3 Å². The van der Waals surface area contributed by atoms with E-state index in [4.69, 9.17) is 4.74 Å². The lowest BCUT2D eigenvalue weighted by atomic mass is 10.1. The van der Waals surface area contributed by atoms with Crippen LogP contribution in [0.2, 0.25) is 0 Å². The molecule has 0 aliphatic carbocycles. The number of aromatic nitrogens is 2. The van der Waals surface area contributed by atoms with Crippen LogP contribution in [0.5, 0.6) is 5.88 Å². The van der Waals surface area contributed by atoms with Crippen LogP contribution in [0.15, 0.2) is 54.0 Å². The van der Waals surface area contributed by atoms with Crippen molar-refractivity contribution in [3.63, 3.8) is 0 Å². The van der Waals surface area contributed by atoms with E-state index in [1.54, 1.807) is 19.4 Å². The first kappa shape index (κ1) is 16.1. The Bertz CT molecular complexity index is 816. The number of hydrogen-bond acceptors (Lipinski definition) is 5. The molecular formula is C18H17N3O2S. The highest BCUT2D eigenvalue weighted by Crippen LogP contribution is 2.29. The first-order chi connectivity index (χ1) is 11.7. The summed E-state index contributed by atoms with van der Waals surface area (Å²) in [6, 6.07) is 13.3. The number of nitrogens with one attached hydrogen (secondary N) is 1. The van der Waals surface area contributed by atoms with E-state index in [0.717, 1.165) is 21.8 Å². The van der Waals surface area contributed by atoms with E-state index in [2.05, 4.69) is 15.3 Å². The summed E-state index contributed by atoms with van der Waals surface area (Å²) >= 11 is 1.51. The van der Waals surface area contributed by atoms with E-state index in [9.17, 15) is 4.79 Å². The van der Waals surface area contributed by atoms with Crippen LogP contribution in [0.3, 0.4) is 0 Å². The average Bonchev–Trinajstić information content (AvgIpc) is 3.10. The van der Waals surface area contributed by atoms with Crippen molar-refractivity contribution in [2.75, 3.05) is 7.11 Å². The molecule has 0 fully saturated rings. The molecule has 1 aromatic carbocycles. The normalized spacial score (nSPS) is 11.8. The largest absolute Gasteiger partial charge is 0.481 e. The molecule has 3 rings (SSSR count). The molecule has 0 saturated heterocycles. The summed E-state index contributed by atoms with van der Waals surface area (Å²) < 4.78 is 5.07. The number of carbonyl (C=O) groups is 1. The van der Waals surface area contributed by atoms with Crippen LogP contribution in [-0.2, 0) is 4.79 Å². The van der Waals surface area contributed by atoms with Crippen LogP contribution in [0.25, 0.3) is 11.3 Å². The molecule has 5 nitrogen and oxygen atoms in total. The minimum atomic E-state index is -0.256. The zero-order valence-corrected chi connectivity index (χ0v) is 14.2. The molecule has 1 atom stereocenters. The molecule has 1 N–H and O–H groups in total. The Morgan fingerprint density at radius 1 is 1.21 bits per heavy atom. The van der Waals surface area contributed by atoms with Crippen LogP contribution in [0, 0.1) is 0 Å². The second kappa shape index (κ2) is 7.23. The smallest absolute Gasteiger partial charge is 0.217 e. The maximum absolute atomic E-state index is 11.6. The molecule has 6 heteroatoms. The summed E-state index contributed by atoms with van der Waals surface area (Å²) in [6.07, 6.45) is 1.73. The third-order valence-electron chi connectivity index (χ3n) is 3.49. The molecular weight excluding hydrogens is 322 g/mol. The summed E-state index contributed by atoms with van der Waals surface area (Å²) in [7, 11) is 1.58. The SMILES string of the molecule is COc1ccc(-c2csc(C(NC(C)=O)c3ccccc3)n2)cn1. The summed E-state index contributed by atoms with van der Waals surface area (Å²) in [6.45, 7) is 1.51. The lowest BCUT2D eigenvalue weighted by molar-refractivity contribution is -0.119. The molecule has 1 unspecified atom stereocenters. The van der Waals surface area contributed by atoms with E-state index >= 15 is 0 Å². The molecule has 0 aliphatic heterocycles. The number of methoxy groups -OCH3 is 1. The highest BCUT2D eigenvalue weighted by atomic mass is 32.1. The van der Waals surface area contributed by atoms with Gasteiger partial charge in [-0.1, -0.05) is 30.3 Å². The summed E-state index contributed by atoms with van der Waals surface area (Å²) in [5, 5.41) is 5.77. The summed E-state index contributed by atoms with van der Waals surface area (Å²) in [5.74, 6) is 0.473. The quantitative estimate of drug-likeness (QED) is 0.773. The number of thiazole rings is 1. The van der Waals surface area contributed by atoms with Gasteiger partial charge in [0.25, 0.3) is 0 Å². The number of benzene rings is 1. The zero-order chi connectivity index (χ0) is 16.9. The van der Waals surface area contributed by atoms with Crippen molar-refractivity contribution in [1.29, 1.82) is 0 Å². The van der Waals surface area contributed by atoms with Crippen LogP contribution in [0.4, 0.5) is 0 Å². The summed E-state index contributed by atoms with van der Waals surface area (Å²) in [4.78, 5) is 20.5. The molecule has 2 aromatic heterocycles. The molecule has 0 bridgehead atoms. The van der Waals surface area contributed by atoms with Crippen LogP contribution in [0.1, 0.15) is 23.5 Å². The molecule has 24 heavy (non-hydrogen) atoms. The third kappa shape index (κ3) is 3.60. The predicted octanol–water partition coefficient (Wildman–Crippen LogP) is 3.44. The van der Waals surface area contributed by atoms with Gasteiger partial charge in [0.2, 0.25) is 11.8 Å². The van der Waals surface area contributed by atoms with Gasteiger partial charge >= 0.3 is 0 Å². The van der Waals surface area contributed by atoms with E-state index in [0.29, 0.717) is 5.88 Å². The van der Waals surface area contributed by atoms with Crippen molar-refractivity contribution in [3.05, 3.63) is 64.6 Å². The molecule has 0 aliphatic rings. The van der Waals surface area contributed by atoms with Gasteiger partial charge in [0.05, 0.1) is 12.8 Å². The zero-order valence-electron chi connectivity index (χ0n) is 13.4. The minimum absolute atomic E-state index is 0.0910. The maximum Gasteiger partial charge on any atom is 0.217 e. The van der Waals surface area contributed by atoms with Gasteiger partial charge in [-0.2, -0.15) is 0 Å². The number of rotatable bonds is 5. The van der Waals surface area contributed by atoms with Crippen molar-refractivity contribution in [2.24, 2.45) is 0 Å². The number of pyridine rings is 1. The monoisotopic (exact) mass is 339 g/mol. The highest BCUT2D eigenvalue weighted by molar-refractivity contribution is 7.10. The van der Waals surface area contributed by atoms with Crippen LogP contribution < -0.4 is 10.1 Å². The van der Waals surface area contributed by atoms with Crippen LogP contribution in [-0.4, -0.2) is 23.0 Å². The Balaban J connectivity index is 1.92. The van der Waals surface area contributed by atoms with Crippen molar-refractivity contribution < 1.29 is 9.53 Å². The van der Waals surface area contributed by atoms with E-state index in [1.165, 1.54) is 18.3 Å². The van der Waals surface area contributed by atoms with Gasteiger partial charge in [-0.3, -0.25) is 4.79 Å². The number of amides is 1. The first-order valence-electron chi connectivity index (χ1n) is 7.45. The molecule has 122 valence electrons. The highest BCUT2D eigenvalue weighted by Gasteiger charge is 2.19. The topological polar surface area (TPSA) is 64.1 Å². The van der Waals surface area contributed by atoms with Gasteiger partial charge in [0, 0.05) is 30.1 Å². The lowest BCUT2D eigenvalue weighted by Crippen LogP contribution is -2.26. The standard InChI is InChI=1S/C18H17N3O2S/c1-12(22)20-17(13-6-4-3-5-7-13)18-21-15(11-24-18)14-8-9-16(23-2)19-10-14/h3-11,17H,1-2H3,(H,20,22). The van der Waals surface area contributed by atoms with E-state index in [1.807, 2.05) is 41.8 Å². The van der Waals surface area contributed by atoms with Gasteiger partial charge in [-0.25, -0.2) is 9.97 Å². The van der Waals surface area contributed by atoms with Crippen LogP contribution >= 0.6 is 11.3 Å². The van der Waals surface area contributed by atoms with Gasteiger partial charge in [0.1, 0.15) is 11.0 Å². The minimum Gasteiger partial charge on any atom is -0.481 e. The second-order valence-corrected chi connectivity index (χ2v) is 6.09. The van der Waals surface area contributed by atoms with Crippen molar-refractivity contribution >= 4 is 17.2 Å². The Morgan fingerprint density at radius 2 is 2.00 bits per heavy atom. The maximum atomic E-state index is 11.6. The lowest BCUT2D eigenvalue weighted by Gasteiger charge is -2.15. The number of ether oxygens (including phenoxy) is 1. The fraction of sp³-hybridized carbons (Fsp3) is 0.167. The second-order valence-electron chi connectivity index (χ2n) is 5.20. The fourth-order valence-corrected chi connectivity index (χ4v) is 3.25. The number of carbonyl (C=O) groups excluding carboxylic acids is 1. The van der Waals surface area contributed by atoms with E-state index in [-0.39, 0.29) is 11.9 Å². The Kier molecular flexibility index (Phi) is 4.86. The first-order valence-corrected chi connectivity index (χ1v) is 8.33. The molecule has 0 saturated carbocycles. The Morgan fingerprint density at radius 3 is 2.62 bits per heavy atom.